The molecule has 0 heterocycles. The van der Waals surface area contributed by atoms with Gasteiger partial charge < -0.3 is 20.1 Å². The average Bonchev–Trinajstić information content (AvgIpc) is 2.16. The lowest BCUT2D eigenvalue weighted by Gasteiger charge is -2.08. The SMILES string of the molecule is COc1c(C(=O)O)cc(O)cc1C(=O)O. The van der Waals surface area contributed by atoms with Gasteiger partial charge in [0.25, 0.3) is 0 Å². The van der Waals surface area contributed by atoms with Crippen LogP contribution in [0.15, 0.2) is 12.1 Å². The second kappa shape index (κ2) is 3.87. The molecule has 0 unspecified atom stereocenters. The van der Waals surface area contributed by atoms with Crippen molar-refractivity contribution in [3.8, 4) is 11.5 Å². The predicted octanol–water partition coefficient (Wildman–Crippen LogP) is 0.797. The van der Waals surface area contributed by atoms with Crippen LogP contribution in [0.5, 0.6) is 11.5 Å². The van der Waals surface area contributed by atoms with Gasteiger partial charge in [0, 0.05) is 0 Å². The summed E-state index contributed by atoms with van der Waals surface area (Å²) < 4.78 is 4.68. The number of hydrogen-bond donors (Lipinski definition) is 3. The molecule has 0 saturated heterocycles. The van der Waals surface area contributed by atoms with Crippen LogP contribution in [0, 0.1) is 0 Å². The van der Waals surface area contributed by atoms with Crippen molar-refractivity contribution in [1.82, 2.24) is 0 Å². The fourth-order valence-corrected chi connectivity index (χ4v) is 1.15. The number of phenolic OH excluding ortho intramolecular Hbond substituents is 1. The van der Waals surface area contributed by atoms with Crippen LogP contribution in [0.25, 0.3) is 0 Å². The lowest BCUT2D eigenvalue weighted by atomic mass is 10.1. The van der Waals surface area contributed by atoms with Crippen LogP contribution >= 0.6 is 0 Å². The Kier molecular flexibility index (Phi) is 2.80. The zero-order chi connectivity index (χ0) is 11.6. The van der Waals surface area contributed by atoms with Crippen LogP contribution in [0.4, 0.5) is 0 Å². The minimum Gasteiger partial charge on any atom is -0.508 e. The van der Waals surface area contributed by atoms with E-state index in [1.54, 1.807) is 0 Å². The average molecular weight is 212 g/mol. The molecule has 0 saturated carbocycles. The molecule has 80 valence electrons. The van der Waals surface area contributed by atoms with E-state index in [4.69, 9.17) is 15.3 Å². The molecule has 0 aliphatic rings. The summed E-state index contributed by atoms with van der Waals surface area (Å²) in [5, 5.41) is 26.6. The Hall–Kier alpha value is -2.24. The van der Waals surface area contributed by atoms with Gasteiger partial charge in [0.05, 0.1) is 7.11 Å². The number of ether oxygens (including phenoxy) is 1. The number of carboxylic acids is 2. The van der Waals surface area contributed by atoms with Crippen LogP contribution in [-0.4, -0.2) is 34.4 Å². The third-order valence-corrected chi connectivity index (χ3v) is 1.74. The number of phenols is 1. The van der Waals surface area contributed by atoms with E-state index >= 15 is 0 Å². The van der Waals surface area contributed by atoms with Crippen LogP contribution in [0.3, 0.4) is 0 Å². The van der Waals surface area contributed by atoms with E-state index in [1.807, 2.05) is 0 Å². The monoisotopic (exact) mass is 212 g/mol. The first-order valence-electron chi connectivity index (χ1n) is 3.85. The smallest absolute Gasteiger partial charge is 0.339 e. The molecule has 0 bridgehead atoms. The summed E-state index contributed by atoms with van der Waals surface area (Å²) in [6.45, 7) is 0. The third-order valence-electron chi connectivity index (χ3n) is 1.74. The van der Waals surface area contributed by atoms with Crippen molar-refractivity contribution in [1.29, 1.82) is 0 Å². The van der Waals surface area contributed by atoms with E-state index in [9.17, 15) is 9.59 Å². The Morgan fingerprint density at radius 3 is 1.80 bits per heavy atom. The van der Waals surface area contributed by atoms with Crippen molar-refractivity contribution >= 4 is 11.9 Å². The molecule has 0 amide bonds. The van der Waals surface area contributed by atoms with Crippen molar-refractivity contribution in [3.63, 3.8) is 0 Å². The lowest BCUT2D eigenvalue weighted by molar-refractivity contribution is 0.0690. The largest absolute Gasteiger partial charge is 0.508 e. The van der Waals surface area contributed by atoms with Crippen LogP contribution in [0.2, 0.25) is 0 Å². The molecule has 0 aliphatic heterocycles. The number of aromatic carboxylic acids is 2. The number of methoxy groups -OCH3 is 1. The normalized spacial score (nSPS) is 9.67. The Bertz CT molecular complexity index is 388. The maximum absolute atomic E-state index is 10.7. The highest BCUT2D eigenvalue weighted by atomic mass is 16.5. The third kappa shape index (κ3) is 1.98. The van der Waals surface area contributed by atoms with Gasteiger partial charge in [-0.2, -0.15) is 0 Å². The fraction of sp³-hybridized carbons (Fsp3) is 0.111. The highest BCUT2D eigenvalue weighted by Crippen LogP contribution is 2.28. The van der Waals surface area contributed by atoms with Gasteiger partial charge >= 0.3 is 11.9 Å². The molecular weight excluding hydrogens is 204 g/mol. The van der Waals surface area contributed by atoms with E-state index < -0.39 is 28.8 Å². The molecule has 1 aromatic carbocycles. The molecule has 1 rings (SSSR count). The van der Waals surface area contributed by atoms with Gasteiger partial charge in [-0.1, -0.05) is 0 Å². The van der Waals surface area contributed by atoms with Gasteiger partial charge in [-0.05, 0) is 12.1 Å². The van der Waals surface area contributed by atoms with Gasteiger partial charge in [-0.3, -0.25) is 0 Å². The highest BCUT2D eigenvalue weighted by Gasteiger charge is 2.20. The standard InChI is InChI=1S/C9H8O6/c1-15-7-5(8(11)12)2-4(10)3-6(7)9(13)14/h2-3,10H,1H3,(H,11,12)(H,13,14). The van der Waals surface area contributed by atoms with E-state index in [2.05, 4.69) is 4.74 Å². The maximum atomic E-state index is 10.7. The first kappa shape index (κ1) is 10.8. The molecule has 0 spiro atoms. The van der Waals surface area contributed by atoms with Crippen LogP contribution in [-0.2, 0) is 0 Å². The molecule has 0 fully saturated rings. The van der Waals surface area contributed by atoms with Gasteiger partial charge in [-0.25, -0.2) is 9.59 Å². The fourth-order valence-electron chi connectivity index (χ4n) is 1.15. The maximum Gasteiger partial charge on any atom is 0.339 e. The minimum atomic E-state index is -1.37. The second-order valence-electron chi connectivity index (χ2n) is 2.68. The molecule has 6 nitrogen and oxygen atoms in total. The Labute approximate surface area is 84.3 Å². The van der Waals surface area contributed by atoms with Crippen LogP contribution < -0.4 is 4.74 Å². The number of hydrogen-bond acceptors (Lipinski definition) is 4. The van der Waals surface area contributed by atoms with Crippen molar-refractivity contribution in [2.24, 2.45) is 0 Å². The zero-order valence-electron chi connectivity index (χ0n) is 7.72. The van der Waals surface area contributed by atoms with Crippen molar-refractivity contribution < 1.29 is 29.6 Å². The molecule has 0 aromatic heterocycles. The van der Waals surface area contributed by atoms with E-state index in [0.29, 0.717) is 0 Å². The summed E-state index contributed by atoms with van der Waals surface area (Å²) in [5.74, 6) is -3.46. The summed E-state index contributed by atoms with van der Waals surface area (Å²) >= 11 is 0. The van der Waals surface area contributed by atoms with Gasteiger partial charge in [0.1, 0.15) is 22.6 Å². The Morgan fingerprint density at radius 2 is 1.53 bits per heavy atom. The van der Waals surface area contributed by atoms with Crippen molar-refractivity contribution in [3.05, 3.63) is 23.3 Å². The molecule has 0 atom stereocenters. The van der Waals surface area contributed by atoms with Crippen molar-refractivity contribution in [2.45, 2.75) is 0 Å². The first-order chi connectivity index (χ1) is 6.97. The first-order valence-corrected chi connectivity index (χ1v) is 3.85. The van der Waals surface area contributed by atoms with Crippen molar-refractivity contribution in [2.75, 3.05) is 7.11 Å². The number of carboxylic acid groups (broad SMARTS) is 2. The number of aromatic hydroxyl groups is 1. The molecule has 6 heteroatoms. The Balaban J connectivity index is 3.52. The predicted molar refractivity (Wildman–Crippen MR) is 48.6 cm³/mol. The molecule has 1 aromatic rings. The highest BCUT2D eigenvalue weighted by molar-refractivity contribution is 5.99. The summed E-state index contributed by atoms with van der Waals surface area (Å²) in [5.41, 5.74) is -0.787. The summed E-state index contributed by atoms with van der Waals surface area (Å²) in [6, 6.07) is 1.85. The molecular formula is C9H8O6. The van der Waals surface area contributed by atoms with E-state index in [-0.39, 0.29) is 5.75 Å². The summed E-state index contributed by atoms with van der Waals surface area (Å²) in [4.78, 5) is 21.4. The van der Waals surface area contributed by atoms with Gasteiger partial charge in [0.2, 0.25) is 0 Å². The zero-order valence-corrected chi connectivity index (χ0v) is 7.72. The molecule has 0 aliphatic carbocycles. The van der Waals surface area contributed by atoms with Gasteiger partial charge in [0.15, 0.2) is 0 Å². The summed E-state index contributed by atoms with van der Waals surface area (Å²) in [7, 11) is 1.16. The van der Waals surface area contributed by atoms with E-state index in [0.717, 1.165) is 19.2 Å². The summed E-state index contributed by atoms with van der Waals surface area (Å²) in [6.07, 6.45) is 0. The number of rotatable bonds is 3. The lowest BCUT2D eigenvalue weighted by Crippen LogP contribution is -2.07. The minimum absolute atomic E-state index is 0.284. The molecule has 0 radical (unpaired) electrons. The van der Waals surface area contributed by atoms with E-state index in [1.165, 1.54) is 0 Å². The Morgan fingerprint density at radius 1 is 1.13 bits per heavy atom. The van der Waals surface area contributed by atoms with Crippen LogP contribution in [0.1, 0.15) is 20.7 Å². The topological polar surface area (TPSA) is 104 Å². The quantitative estimate of drug-likeness (QED) is 0.684. The molecule has 3 N–H and O–H groups in total. The number of benzene rings is 1. The molecule has 15 heavy (non-hydrogen) atoms. The van der Waals surface area contributed by atoms with Gasteiger partial charge in [-0.15, -0.1) is 0 Å². The number of carbonyl (C=O) groups is 2. The second-order valence-corrected chi connectivity index (χ2v) is 2.68.